The van der Waals surface area contributed by atoms with Gasteiger partial charge in [-0.05, 0) is 19.3 Å². The molecule has 1 saturated carbocycles. The molecule has 1 unspecified atom stereocenters. The molecule has 74 valence electrons. The van der Waals surface area contributed by atoms with Gasteiger partial charge in [0.1, 0.15) is 0 Å². The quantitative estimate of drug-likeness (QED) is 0.563. The predicted molar refractivity (Wildman–Crippen MR) is 48.5 cm³/mol. The summed E-state index contributed by atoms with van der Waals surface area (Å²) in [7, 11) is 0. The lowest BCUT2D eigenvalue weighted by atomic mass is 9.84. The fourth-order valence-electron chi connectivity index (χ4n) is 1.67. The zero-order chi connectivity index (χ0) is 9.61. The van der Waals surface area contributed by atoms with Crippen molar-refractivity contribution in [1.82, 2.24) is 0 Å². The SMILES string of the molecule is CC.CCC1CCCCC1(F)F. The molecule has 0 aromatic rings. The van der Waals surface area contributed by atoms with E-state index in [9.17, 15) is 8.78 Å². The second kappa shape index (κ2) is 5.50. The summed E-state index contributed by atoms with van der Waals surface area (Å²) in [6, 6.07) is 0. The van der Waals surface area contributed by atoms with Crippen LogP contribution in [0.5, 0.6) is 0 Å². The van der Waals surface area contributed by atoms with Crippen LogP contribution in [0.1, 0.15) is 52.9 Å². The van der Waals surface area contributed by atoms with Gasteiger partial charge in [0.05, 0.1) is 0 Å². The molecular formula is C10H20F2. The maximum Gasteiger partial charge on any atom is 0.250 e. The Morgan fingerprint density at radius 2 is 1.83 bits per heavy atom. The molecule has 1 rings (SSSR count). The molecular weight excluding hydrogens is 158 g/mol. The van der Waals surface area contributed by atoms with E-state index in [0.717, 1.165) is 12.8 Å². The van der Waals surface area contributed by atoms with Gasteiger partial charge in [0.2, 0.25) is 0 Å². The first-order valence-corrected chi connectivity index (χ1v) is 5.04. The molecule has 1 atom stereocenters. The molecule has 0 N–H and O–H groups in total. The molecule has 1 fully saturated rings. The van der Waals surface area contributed by atoms with Crippen molar-refractivity contribution in [2.75, 3.05) is 0 Å². The third-order valence-electron chi connectivity index (χ3n) is 2.40. The van der Waals surface area contributed by atoms with E-state index in [1.165, 1.54) is 0 Å². The molecule has 0 radical (unpaired) electrons. The molecule has 1 aliphatic carbocycles. The molecule has 0 aromatic heterocycles. The van der Waals surface area contributed by atoms with Crippen molar-refractivity contribution in [2.45, 2.75) is 58.8 Å². The van der Waals surface area contributed by atoms with E-state index in [4.69, 9.17) is 0 Å². The molecule has 0 spiro atoms. The van der Waals surface area contributed by atoms with E-state index in [-0.39, 0.29) is 12.3 Å². The first kappa shape index (κ1) is 11.9. The molecule has 12 heavy (non-hydrogen) atoms. The molecule has 0 heterocycles. The normalized spacial score (nSPS) is 27.2. The lowest BCUT2D eigenvalue weighted by Gasteiger charge is -2.30. The van der Waals surface area contributed by atoms with E-state index in [1.54, 1.807) is 0 Å². The Balaban J connectivity index is 0.000000561. The van der Waals surface area contributed by atoms with Crippen LogP contribution in [-0.2, 0) is 0 Å². The second-order valence-electron chi connectivity index (χ2n) is 3.11. The lowest BCUT2D eigenvalue weighted by molar-refractivity contribution is -0.0864. The first-order chi connectivity index (χ1) is 5.67. The number of hydrogen-bond donors (Lipinski definition) is 0. The van der Waals surface area contributed by atoms with Crippen LogP contribution in [0, 0.1) is 5.92 Å². The third-order valence-corrected chi connectivity index (χ3v) is 2.40. The van der Waals surface area contributed by atoms with E-state index in [0.29, 0.717) is 12.8 Å². The van der Waals surface area contributed by atoms with Gasteiger partial charge in [-0.2, -0.15) is 0 Å². The molecule has 0 nitrogen and oxygen atoms in total. The smallest absolute Gasteiger partial charge is 0.207 e. The van der Waals surface area contributed by atoms with Crippen LogP contribution in [0.3, 0.4) is 0 Å². The highest BCUT2D eigenvalue weighted by Gasteiger charge is 2.39. The van der Waals surface area contributed by atoms with Gasteiger partial charge in [0.25, 0.3) is 5.92 Å². The van der Waals surface area contributed by atoms with Gasteiger partial charge in [0, 0.05) is 12.3 Å². The van der Waals surface area contributed by atoms with Crippen LogP contribution in [0.25, 0.3) is 0 Å². The molecule has 0 aliphatic heterocycles. The number of halogens is 2. The summed E-state index contributed by atoms with van der Waals surface area (Å²) < 4.78 is 25.7. The van der Waals surface area contributed by atoms with Crippen LogP contribution in [0.15, 0.2) is 0 Å². The number of rotatable bonds is 1. The summed E-state index contributed by atoms with van der Waals surface area (Å²) in [5.74, 6) is -2.69. The summed E-state index contributed by atoms with van der Waals surface area (Å²) in [4.78, 5) is 0. The van der Waals surface area contributed by atoms with Crippen LogP contribution in [0.4, 0.5) is 8.78 Å². The summed E-state index contributed by atoms with van der Waals surface area (Å²) in [5, 5.41) is 0. The number of hydrogen-bond acceptors (Lipinski definition) is 0. The summed E-state index contributed by atoms with van der Waals surface area (Å²) >= 11 is 0. The van der Waals surface area contributed by atoms with Crippen molar-refractivity contribution in [3.63, 3.8) is 0 Å². The largest absolute Gasteiger partial charge is 0.250 e. The van der Waals surface area contributed by atoms with Crippen LogP contribution < -0.4 is 0 Å². The Bertz CT molecular complexity index is 110. The van der Waals surface area contributed by atoms with Gasteiger partial charge in [-0.25, -0.2) is 8.78 Å². The summed E-state index contributed by atoms with van der Waals surface area (Å²) in [6.45, 7) is 5.85. The summed E-state index contributed by atoms with van der Waals surface area (Å²) in [6.07, 6.45) is 3.18. The van der Waals surface area contributed by atoms with Crippen molar-refractivity contribution in [3.8, 4) is 0 Å². The summed E-state index contributed by atoms with van der Waals surface area (Å²) in [5.41, 5.74) is 0. The third kappa shape index (κ3) is 3.08. The average Bonchev–Trinajstić information content (AvgIpc) is 2.07. The average molecular weight is 178 g/mol. The van der Waals surface area contributed by atoms with Gasteiger partial charge in [-0.3, -0.25) is 0 Å². The standard InChI is InChI=1S/C8H14F2.C2H6/c1-2-7-5-3-4-6-8(7,9)10;1-2/h7H,2-6H2,1H3;1-2H3. The van der Waals surface area contributed by atoms with Gasteiger partial charge in [-0.1, -0.05) is 27.2 Å². The molecule has 0 bridgehead atoms. The Kier molecular flexibility index (Phi) is 5.43. The molecule has 1 aliphatic rings. The van der Waals surface area contributed by atoms with Crippen molar-refractivity contribution in [2.24, 2.45) is 5.92 Å². The van der Waals surface area contributed by atoms with E-state index < -0.39 is 5.92 Å². The highest BCUT2D eigenvalue weighted by atomic mass is 19.3. The highest BCUT2D eigenvalue weighted by Crippen LogP contribution is 2.39. The second-order valence-corrected chi connectivity index (χ2v) is 3.11. The minimum atomic E-state index is -2.35. The Hall–Kier alpha value is -0.140. The van der Waals surface area contributed by atoms with Crippen LogP contribution in [-0.4, -0.2) is 5.92 Å². The topological polar surface area (TPSA) is 0 Å². The molecule has 0 saturated heterocycles. The van der Waals surface area contributed by atoms with Crippen molar-refractivity contribution >= 4 is 0 Å². The van der Waals surface area contributed by atoms with Crippen molar-refractivity contribution in [3.05, 3.63) is 0 Å². The van der Waals surface area contributed by atoms with Gasteiger partial charge >= 0.3 is 0 Å². The monoisotopic (exact) mass is 178 g/mol. The maximum absolute atomic E-state index is 12.9. The van der Waals surface area contributed by atoms with Crippen molar-refractivity contribution < 1.29 is 8.78 Å². The maximum atomic E-state index is 12.9. The van der Waals surface area contributed by atoms with Crippen molar-refractivity contribution in [1.29, 1.82) is 0 Å². The zero-order valence-corrected chi connectivity index (χ0v) is 8.37. The van der Waals surface area contributed by atoms with Crippen LogP contribution >= 0.6 is 0 Å². The highest BCUT2D eigenvalue weighted by molar-refractivity contribution is 4.80. The van der Waals surface area contributed by atoms with E-state index in [2.05, 4.69) is 0 Å². The van der Waals surface area contributed by atoms with E-state index >= 15 is 0 Å². The predicted octanol–water partition coefficient (Wildman–Crippen LogP) is 4.25. The fraction of sp³-hybridized carbons (Fsp3) is 1.00. The van der Waals surface area contributed by atoms with Gasteiger partial charge < -0.3 is 0 Å². The Labute approximate surface area is 74.4 Å². The molecule has 0 aromatic carbocycles. The minimum absolute atomic E-state index is 0.117. The minimum Gasteiger partial charge on any atom is -0.207 e. The Morgan fingerprint density at radius 1 is 1.25 bits per heavy atom. The first-order valence-electron chi connectivity index (χ1n) is 5.04. The van der Waals surface area contributed by atoms with Gasteiger partial charge in [0.15, 0.2) is 0 Å². The van der Waals surface area contributed by atoms with Gasteiger partial charge in [-0.15, -0.1) is 0 Å². The lowest BCUT2D eigenvalue weighted by Crippen LogP contribution is -2.30. The fourth-order valence-corrected chi connectivity index (χ4v) is 1.67. The van der Waals surface area contributed by atoms with Crippen LogP contribution in [0.2, 0.25) is 0 Å². The molecule has 2 heteroatoms. The Morgan fingerprint density at radius 3 is 2.17 bits per heavy atom. The molecule has 0 amide bonds. The number of alkyl halides is 2. The zero-order valence-electron chi connectivity index (χ0n) is 8.37. The van der Waals surface area contributed by atoms with E-state index in [1.807, 2.05) is 20.8 Å².